The second kappa shape index (κ2) is 9.31. The van der Waals surface area contributed by atoms with Crippen LogP contribution in [0.25, 0.3) is 0 Å². The van der Waals surface area contributed by atoms with Crippen LogP contribution in [0.15, 0.2) is 18.3 Å². The van der Waals surface area contributed by atoms with Gasteiger partial charge in [-0.05, 0) is 24.6 Å². The highest BCUT2D eigenvalue weighted by molar-refractivity contribution is 5.37. The second-order valence-electron chi connectivity index (χ2n) is 4.26. The smallest absolute Gasteiger partial charge is 0.126 e. The van der Waals surface area contributed by atoms with Crippen LogP contribution in [-0.2, 0) is 11.3 Å². The second-order valence-corrected chi connectivity index (χ2v) is 4.26. The number of hydrogen-bond acceptors (Lipinski definition) is 5. The van der Waals surface area contributed by atoms with Gasteiger partial charge in [0.25, 0.3) is 0 Å². The van der Waals surface area contributed by atoms with Gasteiger partial charge in [0, 0.05) is 45.9 Å². The van der Waals surface area contributed by atoms with Crippen LogP contribution in [-0.4, -0.2) is 43.2 Å². The monoisotopic (exact) mass is 262 g/mol. The zero-order valence-corrected chi connectivity index (χ0v) is 11.7. The third-order valence-corrected chi connectivity index (χ3v) is 2.74. The average molecular weight is 262 g/mol. The van der Waals surface area contributed by atoms with Crippen LogP contribution in [0.5, 0.6) is 0 Å². The molecule has 0 fully saturated rings. The third-order valence-electron chi connectivity index (χ3n) is 2.74. The Morgan fingerprint density at radius 1 is 1.47 bits per heavy atom. The number of nitrogens with one attached hydrogen (secondary N) is 1. The lowest BCUT2D eigenvalue weighted by Gasteiger charge is -2.21. The van der Waals surface area contributed by atoms with Crippen molar-refractivity contribution in [1.82, 2.24) is 9.88 Å². The van der Waals surface area contributed by atoms with Crippen molar-refractivity contribution in [3.63, 3.8) is 0 Å². The molecular weight excluding hydrogens is 240 g/mol. The van der Waals surface area contributed by atoms with Crippen molar-refractivity contribution < 1.29 is 4.74 Å². The molecular formula is C14H22N4O. The summed E-state index contributed by atoms with van der Waals surface area (Å²) in [4.78, 5) is 6.47. The Morgan fingerprint density at radius 2 is 2.32 bits per heavy atom. The molecule has 104 valence electrons. The number of pyridine rings is 1. The van der Waals surface area contributed by atoms with Crippen LogP contribution in [0.2, 0.25) is 0 Å². The molecule has 0 unspecified atom stereocenters. The zero-order valence-electron chi connectivity index (χ0n) is 11.7. The van der Waals surface area contributed by atoms with Crippen molar-refractivity contribution in [2.75, 3.05) is 38.7 Å². The first-order valence-corrected chi connectivity index (χ1v) is 6.57. The van der Waals surface area contributed by atoms with Gasteiger partial charge in [0.05, 0.1) is 12.7 Å². The lowest BCUT2D eigenvalue weighted by molar-refractivity contribution is 0.145. The molecule has 1 heterocycles. The molecule has 1 aromatic heterocycles. The van der Waals surface area contributed by atoms with Gasteiger partial charge in [-0.2, -0.15) is 5.26 Å². The maximum Gasteiger partial charge on any atom is 0.126 e. The summed E-state index contributed by atoms with van der Waals surface area (Å²) >= 11 is 0. The van der Waals surface area contributed by atoms with Gasteiger partial charge >= 0.3 is 0 Å². The predicted octanol–water partition coefficient (Wildman–Crippen LogP) is 1.88. The fourth-order valence-corrected chi connectivity index (χ4v) is 1.81. The lowest BCUT2D eigenvalue weighted by Crippen LogP contribution is -2.28. The van der Waals surface area contributed by atoms with Crippen molar-refractivity contribution in [3.05, 3.63) is 23.9 Å². The molecule has 0 aliphatic rings. The maximum absolute atomic E-state index is 8.69. The Hall–Kier alpha value is -1.64. The van der Waals surface area contributed by atoms with Gasteiger partial charge in [-0.3, -0.25) is 4.90 Å². The highest BCUT2D eigenvalue weighted by atomic mass is 16.5. The summed E-state index contributed by atoms with van der Waals surface area (Å²) in [5.74, 6) is 0.895. The molecule has 0 spiro atoms. The molecule has 0 aliphatic carbocycles. The molecule has 0 radical (unpaired) electrons. The summed E-state index contributed by atoms with van der Waals surface area (Å²) in [6, 6.07) is 6.24. The van der Waals surface area contributed by atoms with Gasteiger partial charge in [-0.1, -0.05) is 0 Å². The summed E-state index contributed by atoms with van der Waals surface area (Å²) in [5, 5.41) is 11.9. The van der Waals surface area contributed by atoms with E-state index >= 15 is 0 Å². The fourth-order valence-electron chi connectivity index (χ4n) is 1.81. The van der Waals surface area contributed by atoms with E-state index in [0.717, 1.165) is 32.0 Å². The highest BCUT2D eigenvalue weighted by Crippen LogP contribution is 2.09. The first-order chi connectivity index (χ1) is 9.30. The Labute approximate surface area is 115 Å². The molecule has 5 heteroatoms. The van der Waals surface area contributed by atoms with E-state index in [1.807, 2.05) is 19.2 Å². The number of methoxy groups -OCH3 is 1. The fraction of sp³-hybridized carbons (Fsp3) is 0.571. The van der Waals surface area contributed by atoms with Crippen molar-refractivity contribution in [1.29, 1.82) is 5.26 Å². The molecule has 19 heavy (non-hydrogen) atoms. The summed E-state index contributed by atoms with van der Waals surface area (Å²) in [5.41, 5.74) is 1.19. The van der Waals surface area contributed by atoms with Crippen molar-refractivity contribution in [2.45, 2.75) is 19.9 Å². The zero-order chi connectivity index (χ0) is 13.9. The Kier molecular flexibility index (Phi) is 7.56. The molecule has 0 atom stereocenters. The lowest BCUT2D eigenvalue weighted by atomic mass is 10.2. The molecule has 0 amide bonds. The van der Waals surface area contributed by atoms with Gasteiger partial charge in [0.2, 0.25) is 0 Å². The van der Waals surface area contributed by atoms with E-state index in [1.54, 1.807) is 7.11 Å². The van der Waals surface area contributed by atoms with Gasteiger partial charge in [-0.15, -0.1) is 0 Å². The van der Waals surface area contributed by atoms with Crippen molar-refractivity contribution >= 4 is 5.82 Å². The molecule has 0 saturated carbocycles. The van der Waals surface area contributed by atoms with E-state index in [-0.39, 0.29) is 0 Å². The predicted molar refractivity (Wildman–Crippen MR) is 75.8 cm³/mol. The standard InChI is InChI=1S/C14H22N4O/c1-3-16-14-11-13(5-7-17-14)12-18(8-4-6-15)9-10-19-2/h5,7,11H,3-4,8-10,12H2,1-2H3,(H,16,17). The summed E-state index contributed by atoms with van der Waals surface area (Å²) in [7, 11) is 1.69. The first-order valence-electron chi connectivity index (χ1n) is 6.57. The van der Waals surface area contributed by atoms with Crippen molar-refractivity contribution in [2.24, 2.45) is 0 Å². The Bertz CT molecular complexity index is 403. The minimum absolute atomic E-state index is 0.537. The van der Waals surface area contributed by atoms with E-state index in [0.29, 0.717) is 13.0 Å². The Morgan fingerprint density at radius 3 is 3.00 bits per heavy atom. The maximum atomic E-state index is 8.69. The van der Waals surface area contributed by atoms with Gasteiger partial charge in [0.15, 0.2) is 0 Å². The number of anilines is 1. The largest absolute Gasteiger partial charge is 0.383 e. The topological polar surface area (TPSA) is 61.2 Å². The third kappa shape index (κ3) is 6.18. The molecule has 5 nitrogen and oxygen atoms in total. The average Bonchev–Trinajstić information content (AvgIpc) is 2.42. The highest BCUT2D eigenvalue weighted by Gasteiger charge is 2.06. The van der Waals surface area contributed by atoms with Gasteiger partial charge in [0.1, 0.15) is 5.82 Å². The van der Waals surface area contributed by atoms with E-state index in [2.05, 4.69) is 27.3 Å². The first kappa shape index (κ1) is 15.4. The number of nitriles is 1. The van der Waals surface area contributed by atoms with Crippen LogP contribution in [0, 0.1) is 11.3 Å². The molecule has 1 rings (SSSR count). The molecule has 0 bridgehead atoms. The van der Waals surface area contributed by atoms with E-state index in [1.165, 1.54) is 5.56 Å². The number of nitrogens with zero attached hydrogens (tertiary/aromatic N) is 3. The normalized spacial score (nSPS) is 10.4. The molecule has 0 saturated heterocycles. The van der Waals surface area contributed by atoms with E-state index < -0.39 is 0 Å². The number of ether oxygens (including phenoxy) is 1. The van der Waals surface area contributed by atoms with Crippen molar-refractivity contribution in [3.8, 4) is 6.07 Å². The number of rotatable bonds is 9. The van der Waals surface area contributed by atoms with Gasteiger partial charge in [-0.25, -0.2) is 4.98 Å². The summed E-state index contributed by atoms with van der Waals surface area (Å²) < 4.78 is 5.10. The molecule has 0 aromatic carbocycles. The minimum Gasteiger partial charge on any atom is -0.383 e. The van der Waals surface area contributed by atoms with Crippen LogP contribution < -0.4 is 5.32 Å². The minimum atomic E-state index is 0.537. The molecule has 1 aromatic rings. The Balaban J connectivity index is 2.60. The van der Waals surface area contributed by atoms with E-state index in [9.17, 15) is 0 Å². The van der Waals surface area contributed by atoms with Crippen LogP contribution in [0.4, 0.5) is 5.82 Å². The number of aromatic nitrogens is 1. The van der Waals surface area contributed by atoms with Crippen LogP contribution in [0.1, 0.15) is 18.9 Å². The quantitative estimate of drug-likeness (QED) is 0.736. The van der Waals surface area contributed by atoms with Crippen LogP contribution in [0.3, 0.4) is 0 Å². The van der Waals surface area contributed by atoms with Gasteiger partial charge < -0.3 is 10.1 Å². The number of hydrogen-bond donors (Lipinski definition) is 1. The molecule has 1 N–H and O–H groups in total. The SMILES string of the molecule is CCNc1cc(CN(CCC#N)CCOC)ccn1. The molecule has 0 aliphatic heterocycles. The van der Waals surface area contributed by atoms with E-state index in [4.69, 9.17) is 10.00 Å². The van der Waals surface area contributed by atoms with Crippen LogP contribution >= 0.6 is 0 Å². The summed E-state index contributed by atoms with van der Waals surface area (Å²) in [6.07, 6.45) is 2.35. The summed E-state index contributed by atoms with van der Waals surface area (Å²) in [6.45, 7) is 5.99.